The highest BCUT2D eigenvalue weighted by atomic mass is 35.5. The van der Waals surface area contributed by atoms with Gasteiger partial charge in [-0.15, -0.1) is 12.4 Å². The van der Waals surface area contributed by atoms with Gasteiger partial charge in [0.15, 0.2) is 0 Å². The first-order valence-corrected chi connectivity index (χ1v) is 6.57. The molecule has 1 aromatic heterocycles. The van der Waals surface area contributed by atoms with Gasteiger partial charge in [0.25, 0.3) is 0 Å². The lowest BCUT2D eigenvalue weighted by atomic mass is 10.0. The molecule has 2 N–H and O–H groups in total. The Morgan fingerprint density at radius 3 is 2.70 bits per heavy atom. The topological polar surface area (TPSA) is 74.2 Å². The zero-order valence-corrected chi connectivity index (χ0v) is 11.9. The highest BCUT2D eigenvalue weighted by Crippen LogP contribution is 2.26. The lowest BCUT2D eigenvalue weighted by Crippen LogP contribution is -2.15. The normalized spacial score (nSPS) is 18.6. The van der Waals surface area contributed by atoms with Gasteiger partial charge >= 0.3 is 0 Å². The van der Waals surface area contributed by atoms with E-state index in [9.17, 15) is 0 Å². The Kier molecular flexibility index (Phi) is 5.11. The fourth-order valence-corrected chi connectivity index (χ4v) is 2.24. The van der Waals surface area contributed by atoms with Crippen LogP contribution in [0, 0.1) is 0 Å². The predicted molar refractivity (Wildman–Crippen MR) is 77.7 cm³/mol. The molecule has 5 nitrogen and oxygen atoms in total. The lowest BCUT2D eigenvalue weighted by molar-refractivity contribution is 0.0705. The van der Waals surface area contributed by atoms with Gasteiger partial charge in [-0.2, -0.15) is 4.98 Å². The molecular formula is C14H18ClN3O2. The minimum Gasteiger partial charge on any atom is -0.381 e. The molecule has 2 heterocycles. The molecular weight excluding hydrogens is 278 g/mol. The number of rotatable bonds is 3. The Labute approximate surface area is 123 Å². The van der Waals surface area contributed by atoms with E-state index in [0.717, 1.165) is 30.6 Å². The van der Waals surface area contributed by atoms with Crippen LogP contribution in [-0.4, -0.2) is 23.4 Å². The SMILES string of the molecule is Cl.NCc1ccc(-c2noc(C3CCCOC3)n2)cc1. The summed E-state index contributed by atoms with van der Waals surface area (Å²) in [6.07, 6.45) is 2.10. The molecule has 108 valence electrons. The third-order valence-corrected chi connectivity index (χ3v) is 3.40. The highest BCUT2D eigenvalue weighted by Gasteiger charge is 2.22. The first-order valence-electron chi connectivity index (χ1n) is 6.57. The van der Waals surface area contributed by atoms with E-state index in [1.807, 2.05) is 24.3 Å². The molecule has 0 bridgehead atoms. The molecule has 1 aromatic carbocycles. The van der Waals surface area contributed by atoms with Gasteiger partial charge in [-0.1, -0.05) is 29.4 Å². The largest absolute Gasteiger partial charge is 0.381 e. The van der Waals surface area contributed by atoms with Crippen molar-refractivity contribution in [3.63, 3.8) is 0 Å². The minimum absolute atomic E-state index is 0. The Morgan fingerprint density at radius 1 is 1.25 bits per heavy atom. The predicted octanol–water partition coefficient (Wildman–Crippen LogP) is 2.51. The summed E-state index contributed by atoms with van der Waals surface area (Å²) < 4.78 is 10.8. The van der Waals surface area contributed by atoms with Crippen LogP contribution < -0.4 is 5.73 Å². The first-order chi connectivity index (χ1) is 9.36. The molecule has 6 heteroatoms. The van der Waals surface area contributed by atoms with Crippen LogP contribution >= 0.6 is 12.4 Å². The molecule has 0 saturated carbocycles. The van der Waals surface area contributed by atoms with Gasteiger partial charge in [-0.25, -0.2) is 0 Å². The summed E-state index contributed by atoms with van der Waals surface area (Å²) in [5, 5.41) is 4.04. The van der Waals surface area contributed by atoms with Gasteiger partial charge in [-0.05, 0) is 18.4 Å². The molecule has 1 atom stereocenters. The van der Waals surface area contributed by atoms with Crippen LogP contribution in [-0.2, 0) is 11.3 Å². The fourth-order valence-electron chi connectivity index (χ4n) is 2.24. The molecule has 0 spiro atoms. The quantitative estimate of drug-likeness (QED) is 0.942. The summed E-state index contributed by atoms with van der Waals surface area (Å²) in [6, 6.07) is 7.90. The monoisotopic (exact) mass is 295 g/mol. The van der Waals surface area contributed by atoms with Crippen molar-refractivity contribution >= 4 is 12.4 Å². The number of nitrogens with zero attached hydrogens (tertiary/aromatic N) is 2. The van der Waals surface area contributed by atoms with E-state index >= 15 is 0 Å². The van der Waals surface area contributed by atoms with Gasteiger partial charge in [0, 0.05) is 18.7 Å². The molecule has 2 aromatic rings. The van der Waals surface area contributed by atoms with E-state index in [-0.39, 0.29) is 18.3 Å². The van der Waals surface area contributed by atoms with Crippen LogP contribution in [0.25, 0.3) is 11.4 Å². The van der Waals surface area contributed by atoms with Crippen molar-refractivity contribution in [2.45, 2.75) is 25.3 Å². The molecule has 20 heavy (non-hydrogen) atoms. The van der Waals surface area contributed by atoms with E-state index in [4.69, 9.17) is 15.0 Å². The number of nitrogens with two attached hydrogens (primary N) is 1. The smallest absolute Gasteiger partial charge is 0.232 e. The lowest BCUT2D eigenvalue weighted by Gasteiger charge is -2.17. The molecule has 1 unspecified atom stereocenters. The summed E-state index contributed by atoms with van der Waals surface area (Å²) in [5.74, 6) is 1.54. The van der Waals surface area contributed by atoms with E-state index in [1.165, 1.54) is 0 Å². The van der Waals surface area contributed by atoms with Crippen LogP contribution in [0.4, 0.5) is 0 Å². The van der Waals surface area contributed by atoms with Crippen molar-refractivity contribution in [3.8, 4) is 11.4 Å². The average molecular weight is 296 g/mol. The number of ether oxygens (including phenoxy) is 1. The number of hydrogen-bond donors (Lipinski definition) is 1. The van der Waals surface area contributed by atoms with Crippen LogP contribution in [0.2, 0.25) is 0 Å². The Hall–Kier alpha value is -1.43. The van der Waals surface area contributed by atoms with Gasteiger partial charge in [0.2, 0.25) is 11.7 Å². The number of aromatic nitrogens is 2. The fraction of sp³-hybridized carbons (Fsp3) is 0.429. The maximum Gasteiger partial charge on any atom is 0.232 e. The zero-order valence-electron chi connectivity index (χ0n) is 11.1. The molecule has 0 amide bonds. The van der Waals surface area contributed by atoms with E-state index < -0.39 is 0 Å². The third-order valence-electron chi connectivity index (χ3n) is 3.40. The number of benzene rings is 1. The summed E-state index contributed by atoms with van der Waals surface area (Å²) in [4.78, 5) is 4.47. The number of hydrogen-bond acceptors (Lipinski definition) is 5. The van der Waals surface area contributed by atoms with Gasteiger partial charge in [0.05, 0.1) is 12.5 Å². The van der Waals surface area contributed by atoms with Gasteiger partial charge < -0.3 is 15.0 Å². The van der Waals surface area contributed by atoms with Crippen molar-refractivity contribution in [1.82, 2.24) is 10.1 Å². The molecule has 1 aliphatic heterocycles. The first kappa shape index (κ1) is 15.0. The van der Waals surface area contributed by atoms with Gasteiger partial charge in [0.1, 0.15) is 0 Å². The minimum atomic E-state index is 0. The molecule has 3 rings (SSSR count). The summed E-state index contributed by atoms with van der Waals surface area (Å²) in [6.45, 7) is 2.04. The Morgan fingerprint density at radius 2 is 2.05 bits per heavy atom. The second-order valence-electron chi connectivity index (χ2n) is 4.77. The van der Waals surface area contributed by atoms with E-state index in [0.29, 0.717) is 24.9 Å². The van der Waals surface area contributed by atoms with E-state index in [1.54, 1.807) is 0 Å². The van der Waals surface area contributed by atoms with Gasteiger partial charge in [-0.3, -0.25) is 0 Å². The molecule has 0 radical (unpaired) electrons. The molecule has 0 aliphatic carbocycles. The van der Waals surface area contributed by atoms with Crippen LogP contribution in [0.3, 0.4) is 0 Å². The zero-order chi connectivity index (χ0) is 13.1. The van der Waals surface area contributed by atoms with Crippen molar-refractivity contribution in [2.75, 3.05) is 13.2 Å². The maximum atomic E-state index is 5.58. The molecule has 1 aliphatic rings. The number of halogens is 1. The van der Waals surface area contributed by atoms with Crippen LogP contribution in [0.15, 0.2) is 28.8 Å². The highest BCUT2D eigenvalue weighted by molar-refractivity contribution is 5.85. The standard InChI is InChI=1S/C14H17N3O2.ClH/c15-8-10-3-5-11(6-4-10)13-16-14(19-17-13)12-2-1-7-18-9-12;/h3-6,12H,1-2,7-9,15H2;1H. The van der Waals surface area contributed by atoms with Crippen LogP contribution in [0.5, 0.6) is 0 Å². The molecule has 1 fully saturated rings. The van der Waals surface area contributed by atoms with Crippen molar-refractivity contribution < 1.29 is 9.26 Å². The third kappa shape index (κ3) is 3.17. The van der Waals surface area contributed by atoms with Crippen molar-refractivity contribution in [3.05, 3.63) is 35.7 Å². The average Bonchev–Trinajstić information content (AvgIpc) is 2.98. The Balaban J connectivity index is 0.00000147. The van der Waals surface area contributed by atoms with Crippen molar-refractivity contribution in [1.29, 1.82) is 0 Å². The maximum absolute atomic E-state index is 5.58. The second kappa shape index (κ2) is 6.83. The molecule has 1 saturated heterocycles. The second-order valence-corrected chi connectivity index (χ2v) is 4.77. The summed E-state index contributed by atoms with van der Waals surface area (Å²) in [5.41, 5.74) is 7.62. The van der Waals surface area contributed by atoms with Crippen molar-refractivity contribution in [2.24, 2.45) is 5.73 Å². The Bertz CT molecular complexity index is 536. The van der Waals surface area contributed by atoms with Crippen LogP contribution in [0.1, 0.15) is 30.2 Å². The summed E-state index contributed by atoms with van der Waals surface area (Å²) >= 11 is 0. The summed E-state index contributed by atoms with van der Waals surface area (Å²) in [7, 11) is 0. The van der Waals surface area contributed by atoms with E-state index in [2.05, 4.69) is 10.1 Å².